The van der Waals surface area contributed by atoms with Crippen molar-refractivity contribution >= 4 is 23.5 Å². The van der Waals surface area contributed by atoms with Crippen LogP contribution in [0.1, 0.15) is 11.1 Å². The van der Waals surface area contributed by atoms with E-state index in [4.69, 9.17) is 21.1 Å². The monoisotopic (exact) mass is 220 g/mol. The number of nitrogens with zero attached hydrogens (tertiary/aromatic N) is 2. The summed E-state index contributed by atoms with van der Waals surface area (Å²) in [5.41, 5.74) is 6.42. The summed E-state index contributed by atoms with van der Waals surface area (Å²) >= 11 is 1.48. The van der Waals surface area contributed by atoms with Gasteiger partial charge in [-0.25, -0.2) is 4.98 Å². The minimum Gasteiger partial charge on any atom is -0.477 e. The van der Waals surface area contributed by atoms with Gasteiger partial charge in [-0.05, 0) is 6.07 Å². The van der Waals surface area contributed by atoms with Gasteiger partial charge >= 0.3 is 0 Å². The Bertz CT molecular complexity index is 466. The quantitative estimate of drug-likeness (QED) is 0.679. The number of ether oxygens (including phenoxy) is 1. The summed E-state index contributed by atoms with van der Waals surface area (Å²) in [4.78, 5) is 4.09. The molecule has 15 heavy (non-hydrogen) atoms. The second-order valence-corrected chi connectivity index (χ2v) is 4.00. The van der Waals surface area contributed by atoms with Gasteiger partial charge in [0.2, 0.25) is 5.90 Å². The number of nitrogens with two attached hydrogens (primary N) is 1. The van der Waals surface area contributed by atoms with Crippen LogP contribution in [-0.4, -0.2) is 23.2 Å². The minimum atomic E-state index is 0.0546. The smallest absolute Gasteiger partial charge is 0.216 e. The first-order valence-corrected chi connectivity index (χ1v) is 5.26. The molecule has 1 aromatic rings. The van der Waals surface area contributed by atoms with Crippen LogP contribution in [-0.2, 0) is 4.74 Å². The van der Waals surface area contributed by atoms with Crippen LogP contribution in [0.3, 0.4) is 0 Å². The SMILES string of the molecule is N#Cc1cc2c(nc1N)SCCOC2=N. The van der Waals surface area contributed by atoms with E-state index in [0.717, 1.165) is 5.75 Å². The molecule has 3 N–H and O–H groups in total. The van der Waals surface area contributed by atoms with E-state index < -0.39 is 0 Å². The van der Waals surface area contributed by atoms with Crippen LogP contribution in [0, 0.1) is 16.7 Å². The minimum absolute atomic E-state index is 0.0546. The predicted octanol–water partition coefficient (Wildman–Crippen LogP) is 0.983. The van der Waals surface area contributed by atoms with Crippen LogP contribution < -0.4 is 5.73 Å². The van der Waals surface area contributed by atoms with Crippen molar-refractivity contribution in [3.63, 3.8) is 0 Å². The maximum atomic E-state index is 8.79. The van der Waals surface area contributed by atoms with Gasteiger partial charge in [-0.1, -0.05) is 0 Å². The zero-order chi connectivity index (χ0) is 10.8. The summed E-state index contributed by atoms with van der Waals surface area (Å²) in [6, 6.07) is 3.49. The number of nitrogens with one attached hydrogen (secondary N) is 1. The van der Waals surface area contributed by atoms with Crippen LogP contribution in [0.4, 0.5) is 5.82 Å². The summed E-state index contributed by atoms with van der Waals surface area (Å²) in [7, 11) is 0. The molecule has 76 valence electrons. The van der Waals surface area contributed by atoms with E-state index in [1.165, 1.54) is 11.8 Å². The molecular weight excluding hydrogens is 212 g/mol. The molecule has 0 aromatic carbocycles. The summed E-state index contributed by atoms with van der Waals surface area (Å²) in [6.45, 7) is 0.474. The number of fused-ring (bicyclic) bond motifs is 1. The van der Waals surface area contributed by atoms with E-state index in [1.807, 2.05) is 6.07 Å². The van der Waals surface area contributed by atoms with Gasteiger partial charge in [-0.15, -0.1) is 11.8 Å². The van der Waals surface area contributed by atoms with Gasteiger partial charge in [-0.3, -0.25) is 5.41 Å². The van der Waals surface area contributed by atoms with E-state index in [9.17, 15) is 0 Å². The van der Waals surface area contributed by atoms with E-state index >= 15 is 0 Å². The van der Waals surface area contributed by atoms with Crippen molar-refractivity contribution < 1.29 is 4.74 Å². The van der Waals surface area contributed by atoms with Gasteiger partial charge in [0.15, 0.2) is 0 Å². The van der Waals surface area contributed by atoms with Crippen LogP contribution in [0.2, 0.25) is 0 Å². The Morgan fingerprint density at radius 3 is 3.20 bits per heavy atom. The first-order chi connectivity index (χ1) is 7.22. The molecule has 0 amide bonds. The molecule has 0 fully saturated rings. The molecule has 2 rings (SSSR count). The second kappa shape index (κ2) is 3.79. The maximum Gasteiger partial charge on any atom is 0.216 e. The number of aromatic nitrogens is 1. The van der Waals surface area contributed by atoms with E-state index in [2.05, 4.69) is 4.98 Å². The Morgan fingerprint density at radius 2 is 2.47 bits per heavy atom. The molecule has 0 spiro atoms. The zero-order valence-electron chi connectivity index (χ0n) is 7.78. The fourth-order valence-electron chi connectivity index (χ4n) is 1.23. The van der Waals surface area contributed by atoms with Crippen molar-refractivity contribution in [1.29, 1.82) is 10.7 Å². The summed E-state index contributed by atoms with van der Waals surface area (Å²) < 4.78 is 5.14. The number of nitriles is 1. The largest absolute Gasteiger partial charge is 0.477 e. The number of anilines is 1. The van der Waals surface area contributed by atoms with Gasteiger partial charge in [0.05, 0.1) is 17.7 Å². The molecule has 0 bridgehead atoms. The highest BCUT2D eigenvalue weighted by Crippen LogP contribution is 2.27. The molecule has 1 aromatic heterocycles. The van der Waals surface area contributed by atoms with Crippen LogP contribution in [0.15, 0.2) is 11.1 Å². The topological polar surface area (TPSA) is 95.8 Å². The second-order valence-electron chi connectivity index (χ2n) is 2.91. The summed E-state index contributed by atoms with van der Waals surface area (Å²) in [6.07, 6.45) is 0. The lowest BCUT2D eigenvalue weighted by atomic mass is 10.2. The van der Waals surface area contributed by atoms with Crippen LogP contribution >= 0.6 is 11.8 Å². The average Bonchev–Trinajstić information content (AvgIpc) is 2.40. The number of hydrogen-bond acceptors (Lipinski definition) is 6. The van der Waals surface area contributed by atoms with Crippen molar-refractivity contribution in [1.82, 2.24) is 4.98 Å². The van der Waals surface area contributed by atoms with Gasteiger partial charge < -0.3 is 10.5 Å². The molecular formula is C9H8N4OS. The molecule has 0 aliphatic carbocycles. The highest BCUT2D eigenvalue weighted by atomic mass is 32.2. The van der Waals surface area contributed by atoms with Crippen molar-refractivity contribution in [2.45, 2.75) is 5.03 Å². The van der Waals surface area contributed by atoms with Crippen LogP contribution in [0.25, 0.3) is 0 Å². The number of nitrogen functional groups attached to an aromatic ring is 1. The standard InChI is InChI=1S/C9H8N4OS/c10-4-5-3-6-8(12)14-1-2-15-9(6)13-7(5)11/h3,12H,1-2H2,(H2,11,13). The molecule has 0 radical (unpaired) electrons. The number of rotatable bonds is 0. The highest BCUT2D eigenvalue weighted by Gasteiger charge is 2.18. The van der Waals surface area contributed by atoms with Crippen molar-refractivity contribution in [3.05, 3.63) is 17.2 Å². The normalized spacial score (nSPS) is 14.7. The van der Waals surface area contributed by atoms with E-state index in [0.29, 0.717) is 17.2 Å². The number of pyridine rings is 1. The van der Waals surface area contributed by atoms with Crippen LogP contribution in [0.5, 0.6) is 0 Å². The third kappa shape index (κ3) is 1.74. The maximum absolute atomic E-state index is 8.79. The summed E-state index contributed by atoms with van der Waals surface area (Å²) in [5, 5.41) is 17.1. The predicted molar refractivity (Wildman–Crippen MR) is 56.9 cm³/mol. The average molecular weight is 220 g/mol. The summed E-state index contributed by atoms with van der Waals surface area (Å²) in [5.74, 6) is 0.991. The molecule has 0 saturated carbocycles. The third-order valence-electron chi connectivity index (χ3n) is 1.95. The van der Waals surface area contributed by atoms with Gasteiger partial charge in [0.25, 0.3) is 0 Å². The molecule has 5 nitrogen and oxygen atoms in total. The Hall–Kier alpha value is -1.74. The first kappa shape index (κ1) is 9.80. The fourth-order valence-corrected chi connectivity index (χ4v) is 2.06. The Labute approximate surface area is 90.8 Å². The molecule has 0 atom stereocenters. The number of hydrogen-bond donors (Lipinski definition) is 2. The van der Waals surface area contributed by atoms with E-state index in [-0.39, 0.29) is 17.3 Å². The first-order valence-electron chi connectivity index (χ1n) is 4.27. The lowest BCUT2D eigenvalue weighted by Crippen LogP contribution is -2.07. The Kier molecular flexibility index (Phi) is 2.47. The lowest BCUT2D eigenvalue weighted by molar-refractivity contribution is 0.330. The molecule has 2 heterocycles. The molecule has 0 saturated heterocycles. The van der Waals surface area contributed by atoms with E-state index in [1.54, 1.807) is 6.07 Å². The molecule has 1 aliphatic heterocycles. The van der Waals surface area contributed by atoms with Gasteiger partial charge in [0, 0.05) is 5.75 Å². The van der Waals surface area contributed by atoms with Crippen molar-refractivity contribution in [2.24, 2.45) is 0 Å². The zero-order valence-corrected chi connectivity index (χ0v) is 8.60. The molecule has 0 unspecified atom stereocenters. The molecule has 6 heteroatoms. The highest BCUT2D eigenvalue weighted by molar-refractivity contribution is 7.99. The van der Waals surface area contributed by atoms with Gasteiger partial charge in [-0.2, -0.15) is 5.26 Å². The Balaban J connectivity index is 2.58. The molecule has 1 aliphatic rings. The Morgan fingerprint density at radius 1 is 1.67 bits per heavy atom. The lowest BCUT2D eigenvalue weighted by Gasteiger charge is -2.06. The van der Waals surface area contributed by atoms with Crippen molar-refractivity contribution in [3.8, 4) is 6.07 Å². The van der Waals surface area contributed by atoms with Crippen molar-refractivity contribution in [2.75, 3.05) is 18.1 Å². The fraction of sp³-hybridized carbons (Fsp3) is 0.222. The van der Waals surface area contributed by atoms with Gasteiger partial charge in [0.1, 0.15) is 16.9 Å². The number of thioether (sulfide) groups is 1. The third-order valence-corrected chi connectivity index (χ3v) is 2.91.